The zero-order chi connectivity index (χ0) is 18.5. The summed E-state index contributed by atoms with van der Waals surface area (Å²) < 4.78 is 0. The van der Waals surface area contributed by atoms with E-state index in [1.54, 1.807) is 0 Å². The van der Waals surface area contributed by atoms with Gasteiger partial charge >= 0.3 is 0 Å². The molecule has 0 saturated carbocycles. The van der Waals surface area contributed by atoms with Crippen molar-refractivity contribution in [2.75, 3.05) is 5.32 Å². The number of benzene rings is 3. The monoisotopic (exact) mass is 345 g/mol. The van der Waals surface area contributed by atoms with E-state index in [4.69, 9.17) is 0 Å². The van der Waals surface area contributed by atoms with Crippen molar-refractivity contribution in [3.63, 3.8) is 0 Å². The van der Waals surface area contributed by atoms with Crippen LogP contribution in [0.1, 0.15) is 34.6 Å². The van der Waals surface area contributed by atoms with Gasteiger partial charge in [-0.2, -0.15) is 0 Å². The summed E-state index contributed by atoms with van der Waals surface area (Å²) in [5.74, 6) is -0.0201. The van der Waals surface area contributed by atoms with Crippen LogP contribution >= 0.6 is 0 Å². The third-order valence-corrected chi connectivity index (χ3v) is 4.76. The fraction of sp³-hybridized carbons (Fsp3) is 0.174. The highest BCUT2D eigenvalue weighted by Crippen LogP contribution is 2.37. The molecule has 0 spiro atoms. The van der Waals surface area contributed by atoms with Crippen LogP contribution in [-0.4, -0.2) is 11.0 Å². The zero-order valence-electron chi connectivity index (χ0n) is 15.1. The first-order valence-electron chi connectivity index (χ1n) is 8.75. The molecule has 0 aromatic heterocycles. The van der Waals surface area contributed by atoms with Crippen LogP contribution in [0, 0.1) is 13.8 Å². The molecule has 0 aliphatic heterocycles. The van der Waals surface area contributed by atoms with E-state index in [0.29, 0.717) is 0 Å². The van der Waals surface area contributed by atoms with Gasteiger partial charge in [0, 0.05) is 23.6 Å². The SMILES string of the molecule is Cc1ccc(C(CC(=O)Nc2ccccc2)c2ccccc2)c(O)c1C. The summed E-state index contributed by atoms with van der Waals surface area (Å²) in [6.07, 6.45) is 0.259. The Morgan fingerprint density at radius 1 is 0.923 bits per heavy atom. The molecule has 3 aromatic rings. The third kappa shape index (κ3) is 3.94. The lowest BCUT2D eigenvalue weighted by Crippen LogP contribution is -2.16. The highest BCUT2D eigenvalue weighted by Gasteiger charge is 2.22. The number of para-hydroxylation sites is 1. The van der Waals surface area contributed by atoms with Gasteiger partial charge in [-0.1, -0.05) is 60.7 Å². The number of hydrogen-bond acceptors (Lipinski definition) is 2. The summed E-state index contributed by atoms with van der Waals surface area (Å²) in [6, 6.07) is 23.2. The van der Waals surface area contributed by atoms with Crippen molar-refractivity contribution >= 4 is 11.6 Å². The average molecular weight is 345 g/mol. The van der Waals surface area contributed by atoms with Gasteiger partial charge in [-0.05, 0) is 42.7 Å². The maximum absolute atomic E-state index is 12.6. The second-order valence-corrected chi connectivity index (χ2v) is 6.53. The minimum atomic E-state index is -0.209. The molecule has 1 amide bonds. The van der Waals surface area contributed by atoms with Gasteiger partial charge < -0.3 is 10.4 Å². The zero-order valence-corrected chi connectivity index (χ0v) is 15.1. The summed E-state index contributed by atoms with van der Waals surface area (Å²) in [6.45, 7) is 3.87. The number of phenolic OH excluding ortho intramolecular Hbond substituents is 1. The summed E-state index contributed by atoms with van der Waals surface area (Å²) in [7, 11) is 0. The maximum Gasteiger partial charge on any atom is 0.225 e. The minimum absolute atomic E-state index is 0.0809. The molecule has 3 aromatic carbocycles. The highest BCUT2D eigenvalue weighted by molar-refractivity contribution is 5.91. The fourth-order valence-electron chi connectivity index (χ4n) is 3.11. The molecule has 132 valence electrons. The summed E-state index contributed by atoms with van der Waals surface area (Å²) in [5.41, 5.74) is 4.45. The Morgan fingerprint density at radius 3 is 2.19 bits per heavy atom. The van der Waals surface area contributed by atoms with Crippen molar-refractivity contribution in [1.82, 2.24) is 0 Å². The molecule has 3 nitrogen and oxygen atoms in total. The number of anilines is 1. The predicted octanol–water partition coefficient (Wildman–Crippen LogP) is 5.17. The van der Waals surface area contributed by atoms with Crippen LogP contribution in [0.5, 0.6) is 5.75 Å². The summed E-state index contributed by atoms with van der Waals surface area (Å²) >= 11 is 0. The number of phenols is 1. The van der Waals surface area contributed by atoms with Gasteiger partial charge in [0.2, 0.25) is 5.91 Å². The van der Waals surface area contributed by atoms with Crippen molar-refractivity contribution < 1.29 is 9.90 Å². The van der Waals surface area contributed by atoms with Crippen molar-refractivity contribution in [3.05, 3.63) is 95.1 Å². The van der Waals surface area contributed by atoms with Gasteiger partial charge in [0.1, 0.15) is 5.75 Å². The molecule has 26 heavy (non-hydrogen) atoms. The van der Waals surface area contributed by atoms with E-state index in [1.807, 2.05) is 86.6 Å². The molecule has 1 atom stereocenters. The Bertz CT molecular complexity index is 889. The van der Waals surface area contributed by atoms with Crippen LogP contribution in [0.3, 0.4) is 0 Å². The molecular formula is C23H23NO2. The first-order valence-corrected chi connectivity index (χ1v) is 8.75. The lowest BCUT2D eigenvalue weighted by atomic mass is 9.86. The highest BCUT2D eigenvalue weighted by atomic mass is 16.3. The second-order valence-electron chi connectivity index (χ2n) is 6.53. The topological polar surface area (TPSA) is 49.3 Å². The van der Waals surface area contributed by atoms with E-state index in [-0.39, 0.29) is 24.0 Å². The number of aromatic hydroxyl groups is 1. The van der Waals surface area contributed by atoms with E-state index in [9.17, 15) is 9.90 Å². The average Bonchev–Trinajstić information content (AvgIpc) is 2.66. The molecule has 0 radical (unpaired) electrons. The standard InChI is InChI=1S/C23H23NO2/c1-16-13-14-20(23(26)17(16)2)21(18-9-5-3-6-10-18)15-22(25)24-19-11-7-4-8-12-19/h3-14,21,26H,15H2,1-2H3,(H,24,25). The van der Waals surface area contributed by atoms with Crippen LogP contribution in [-0.2, 0) is 4.79 Å². The number of carbonyl (C=O) groups excluding carboxylic acids is 1. The Balaban J connectivity index is 1.92. The van der Waals surface area contributed by atoms with Gasteiger partial charge in [-0.15, -0.1) is 0 Å². The summed E-state index contributed by atoms with van der Waals surface area (Å²) in [4.78, 5) is 12.6. The lowest BCUT2D eigenvalue weighted by molar-refractivity contribution is -0.116. The number of carbonyl (C=O) groups is 1. The minimum Gasteiger partial charge on any atom is -0.507 e. The van der Waals surface area contributed by atoms with Crippen LogP contribution in [0.2, 0.25) is 0 Å². The molecule has 3 heteroatoms. The molecule has 3 rings (SSSR count). The molecule has 0 bridgehead atoms. The Kier molecular flexibility index (Phi) is 5.37. The van der Waals surface area contributed by atoms with Gasteiger partial charge in [0.05, 0.1) is 0 Å². The largest absolute Gasteiger partial charge is 0.507 e. The van der Waals surface area contributed by atoms with E-state index in [0.717, 1.165) is 27.9 Å². The number of aryl methyl sites for hydroxylation is 1. The van der Waals surface area contributed by atoms with Gasteiger partial charge in [0.15, 0.2) is 0 Å². The molecule has 0 aliphatic carbocycles. The van der Waals surface area contributed by atoms with Crippen LogP contribution in [0.15, 0.2) is 72.8 Å². The van der Waals surface area contributed by atoms with Crippen molar-refractivity contribution in [2.45, 2.75) is 26.2 Å². The van der Waals surface area contributed by atoms with Crippen molar-refractivity contribution in [1.29, 1.82) is 0 Å². The molecule has 0 aliphatic rings. The van der Waals surface area contributed by atoms with Crippen molar-refractivity contribution in [3.8, 4) is 5.75 Å². The van der Waals surface area contributed by atoms with Crippen LogP contribution in [0.25, 0.3) is 0 Å². The van der Waals surface area contributed by atoms with E-state index >= 15 is 0 Å². The Hall–Kier alpha value is -3.07. The number of rotatable bonds is 5. The van der Waals surface area contributed by atoms with E-state index < -0.39 is 0 Å². The Morgan fingerprint density at radius 2 is 1.54 bits per heavy atom. The third-order valence-electron chi connectivity index (χ3n) is 4.76. The quantitative estimate of drug-likeness (QED) is 0.670. The first-order chi connectivity index (χ1) is 12.6. The molecule has 0 saturated heterocycles. The molecule has 1 unspecified atom stereocenters. The summed E-state index contributed by atoms with van der Waals surface area (Å²) in [5, 5.41) is 13.6. The van der Waals surface area contributed by atoms with E-state index in [2.05, 4.69) is 5.32 Å². The number of amides is 1. The normalized spacial score (nSPS) is 11.8. The van der Waals surface area contributed by atoms with E-state index in [1.165, 1.54) is 0 Å². The fourth-order valence-corrected chi connectivity index (χ4v) is 3.11. The van der Waals surface area contributed by atoms with Crippen LogP contribution in [0.4, 0.5) is 5.69 Å². The Labute approximate surface area is 154 Å². The lowest BCUT2D eigenvalue weighted by Gasteiger charge is -2.20. The predicted molar refractivity (Wildman–Crippen MR) is 106 cm³/mol. The number of hydrogen-bond donors (Lipinski definition) is 2. The van der Waals surface area contributed by atoms with Crippen molar-refractivity contribution in [2.24, 2.45) is 0 Å². The van der Waals surface area contributed by atoms with Gasteiger partial charge in [-0.3, -0.25) is 4.79 Å². The second kappa shape index (κ2) is 7.87. The number of nitrogens with one attached hydrogen (secondary N) is 1. The molecule has 0 heterocycles. The van der Waals surface area contributed by atoms with Gasteiger partial charge in [-0.25, -0.2) is 0 Å². The smallest absolute Gasteiger partial charge is 0.225 e. The molecule has 2 N–H and O–H groups in total. The molecule has 0 fully saturated rings. The first kappa shape index (κ1) is 17.7. The molecular weight excluding hydrogens is 322 g/mol. The van der Waals surface area contributed by atoms with Gasteiger partial charge in [0.25, 0.3) is 0 Å². The van der Waals surface area contributed by atoms with Crippen LogP contribution < -0.4 is 5.32 Å². The maximum atomic E-state index is 12.6.